The third-order valence-electron chi connectivity index (χ3n) is 11.1. The Kier molecular flexibility index (Phi) is 10.9. The van der Waals surface area contributed by atoms with Crippen LogP contribution >= 0.6 is 0 Å². The molecule has 5 fully saturated rings. The van der Waals surface area contributed by atoms with Crippen molar-refractivity contribution in [3.63, 3.8) is 0 Å². The minimum atomic E-state index is -1.24. The van der Waals surface area contributed by atoms with Crippen LogP contribution in [0.25, 0.3) is 0 Å². The summed E-state index contributed by atoms with van der Waals surface area (Å²) in [6.45, 7) is 0.983. The predicted molar refractivity (Wildman–Crippen MR) is 147 cm³/mol. The van der Waals surface area contributed by atoms with E-state index in [9.17, 15) is 17.6 Å². The number of ether oxygens (including phenoxy) is 3. The van der Waals surface area contributed by atoms with Crippen LogP contribution in [0, 0.1) is 23.7 Å². The Bertz CT molecular complexity index is 775. The number of halogens is 4. The molecule has 10 heteroatoms. The summed E-state index contributed by atoms with van der Waals surface area (Å²) in [5, 5.41) is 8.81. The Morgan fingerprint density at radius 2 is 1.34 bits per heavy atom. The van der Waals surface area contributed by atoms with Crippen molar-refractivity contribution in [3.8, 4) is 0 Å². The van der Waals surface area contributed by atoms with Crippen molar-refractivity contribution < 1.29 is 37.0 Å². The summed E-state index contributed by atoms with van der Waals surface area (Å²) in [5.74, 6) is -0.275. The molecule has 3 aliphatic carbocycles. The highest BCUT2D eigenvalue weighted by Crippen LogP contribution is 2.55. The summed E-state index contributed by atoms with van der Waals surface area (Å²) in [7, 11) is 3.73. The Balaban J connectivity index is 1.11. The van der Waals surface area contributed by atoms with Gasteiger partial charge in [-0.25, -0.2) is 17.6 Å². The first-order valence-corrected chi connectivity index (χ1v) is 16.3. The maximum absolute atomic E-state index is 14.7. The van der Waals surface area contributed by atoms with Crippen molar-refractivity contribution >= 4 is 0 Å². The predicted octanol–water partition coefficient (Wildman–Crippen LogP) is 6.44. The summed E-state index contributed by atoms with van der Waals surface area (Å²) in [4.78, 5) is 2.31. The molecule has 0 amide bonds. The average Bonchev–Trinajstić information content (AvgIpc) is 3.86. The van der Waals surface area contributed by atoms with Gasteiger partial charge in [-0.2, -0.15) is 5.48 Å². The first kappa shape index (κ1) is 31.9. The summed E-state index contributed by atoms with van der Waals surface area (Å²) in [6.07, 6.45) is 5.07. The molecule has 2 aliphatic heterocycles. The fraction of sp³-hybridized carbons (Fsp3) is 1.00. The summed E-state index contributed by atoms with van der Waals surface area (Å²) >= 11 is 0. The van der Waals surface area contributed by atoms with Gasteiger partial charge < -0.3 is 19.4 Å². The number of likely N-dealkylation sites (N-methyl/N-ethyl adjacent to an activating group) is 1. The second-order valence-electron chi connectivity index (χ2n) is 13.8. The molecule has 0 aromatic heterocycles. The van der Waals surface area contributed by atoms with E-state index in [1.807, 2.05) is 0 Å². The minimum Gasteiger partial charge on any atom is -0.377 e. The van der Waals surface area contributed by atoms with Gasteiger partial charge in [-0.15, -0.1) is 0 Å². The topological polar surface area (TPSA) is 69.8 Å². The molecule has 0 aromatic carbocycles. The summed E-state index contributed by atoms with van der Waals surface area (Å²) in [5.41, 5.74) is 1.26. The van der Waals surface area contributed by atoms with Gasteiger partial charge in [-0.1, -0.05) is 19.3 Å². The van der Waals surface area contributed by atoms with Crippen LogP contribution in [0.1, 0.15) is 96.3 Å². The normalized spacial score (nSPS) is 44.5. The smallest absolute Gasteiger partial charge is 0.156 e. The van der Waals surface area contributed by atoms with E-state index in [1.165, 1.54) is 0 Å². The fourth-order valence-corrected chi connectivity index (χ4v) is 8.98. The molecule has 5 aliphatic rings. The van der Waals surface area contributed by atoms with Crippen LogP contribution in [0.15, 0.2) is 0 Å². The number of alkyl halides is 4. The van der Waals surface area contributed by atoms with E-state index in [1.54, 1.807) is 7.11 Å². The first-order valence-electron chi connectivity index (χ1n) is 16.3. The Morgan fingerprint density at radius 1 is 0.780 bits per heavy atom. The molecule has 0 bridgehead atoms. The van der Waals surface area contributed by atoms with Gasteiger partial charge in [-0.3, -0.25) is 4.90 Å². The third-order valence-corrected chi connectivity index (χ3v) is 11.1. The Morgan fingerprint density at radius 3 is 1.85 bits per heavy atom. The summed E-state index contributed by atoms with van der Waals surface area (Å²) < 4.78 is 76.4. The van der Waals surface area contributed by atoms with E-state index in [-0.39, 0.29) is 80.9 Å². The third kappa shape index (κ3) is 7.59. The number of epoxide rings is 2. The quantitative estimate of drug-likeness (QED) is 0.105. The van der Waals surface area contributed by atoms with Crippen molar-refractivity contribution in [2.45, 2.75) is 151 Å². The average molecular weight is 593 g/mol. The second-order valence-corrected chi connectivity index (χ2v) is 13.8. The molecule has 2 saturated heterocycles. The molecular weight excluding hydrogens is 540 g/mol. The van der Waals surface area contributed by atoms with Gasteiger partial charge in [0.1, 0.15) is 43.1 Å². The molecule has 0 spiro atoms. The van der Waals surface area contributed by atoms with Crippen molar-refractivity contribution in [1.29, 1.82) is 0 Å². The molecule has 238 valence electrons. The fourth-order valence-electron chi connectivity index (χ4n) is 8.98. The van der Waals surface area contributed by atoms with Gasteiger partial charge in [0.2, 0.25) is 0 Å². The highest BCUT2D eigenvalue weighted by Gasteiger charge is 2.57. The second kappa shape index (κ2) is 14.1. The lowest BCUT2D eigenvalue weighted by atomic mass is 9.57. The molecule has 6 nitrogen and oxygen atoms in total. The Labute approximate surface area is 243 Å². The van der Waals surface area contributed by atoms with Crippen molar-refractivity contribution in [2.24, 2.45) is 23.7 Å². The maximum Gasteiger partial charge on any atom is 0.156 e. The molecule has 2 N–H and O–H groups in total. The maximum atomic E-state index is 14.7. The molecule has 41 heavy (non-hydrogen) atoms. The van der Waals surface area contributed by atoms with E-state index in [4.69, 9.17) is 19.4 Å². The SMILES string of the molecule is COC(C1CCC(C2OC2N(C)CCCCCCC2OC2NO)CC1)(C1CC(F)CC(F)C1)C1CC(F)CC(F)C1. The molecule has 3 saturated carbocycles. The zero-order valence-electron chi connectivity index (χ0n) is 24.9. The van der Waals surface area contributed by atoms with Crippen LogP contribution in [0.4, 0.5) is 17.6 Å². The molecule has 2 heterocycles. The van der Waals surface area contributed by atoms with Gasteiger partial charge in [0.15, 0.2) is 6.23 Å². The monoisotopic (exact) mass is 592 g/mol. The van der Waals surface area contributed by atoms with Crippen LogP contribution in [-0.2, 0) is 14.2 Å². The van der Waals surface area contributed by atoms with Crippen molar-refractivity contribution in [1.82, 2.24) is 10.4 Å². The van der Waals surface area contributed by atoms with Crippen molar-refractivity contribution in [2.75, 3.05) is 20.7 Å². The van der Waals surface area contributed by atoms with E-state index < -0.39 is 30.3 Å². The van der Waals surface area contributed by atoms with Gasteiger partial charge in [0.05, 0.1) is 5.60 Å². The number of hydroxylamine groups is 1. The van der Waals surface area contributed by atoms with E-state index >= 15 is 0 Å². The van der Waals surface area contributed by atoms with Gasteiger partial charge in [0, 0.05) is 26.5 Å². The minimum absolute atomic E-state index is 0.0353. The number of nitrogens with one attached hydrogen (secondary N) is 1. The molecular formula is C31H52F4N2O4. The van der Waals surface area contributed by atoms with E-state index in [0.29, 0.717) is 5.92 Å². The Hall–Kier alpha value is -0.520. The van der Waals surface area contributed by atoms with Crippen LogP contribution in [0.5, 0.6) is 0 Å². The molecule has 0 radical (unpaired) electrons. The molecule has 8 atom stereocenters. The first-order chi connectivity index (χ1) is 19.7. The lowest BCUT2D eigenvalue weighted by Gasteiger charge is -2.55. The number of rotatable bonds is 14. The van der Waals surface area contributed by atoms with Gasteiger partial charge in [0.25, 0.3) is 0 Å². The molecule has 5 rings (SSSR count). The number of nitrogens with zero attached hydrogens (tertiary/aromatic N) is 1. The van der Waals surface area contributed by atoms with E-state index in [0.717, 1.165) is 64.3 Å². The van der Waals surface area contributed by atoms with Crippen molar-refractivity contribution in [3.05, 3.63) is 0 Å². The lowest BCUT2D eigenvalue weighted by molar-refractivity contribution is -0.185. The zero-order chi connectivity index (χ0) is 29.1. The number of methoxy groups -OCH3 is 1. The highest BCUT2D eigenvalue weighted by molar-refractivity contribution is 5.06. The number of hydrogen-bond acceptors (Lipinski definition) is 6. The van der Waals surface area contributed by atoms with Crippen LogP contribution in [0.2, 0.25) is 0 Å². The zero-order valence-corrected chi connectivity index (χ0v) is 24.9. The number of hydrogen-bond donors (Lipinski definition) is 2. The molecule has 8 unspecified atom stereocenters. The van der Waals surface area contributed by atoms with Crippen LogP contribution < -0.4 is 5.48 Å². The largest absolute Gasteiger partial charge is 0.377 e. The highest BCUT2D eigenvalue weighted by atomic mass is 19.2. The van der Waals surface area contributed by atoms with Gasteiger partial charge >= 0.3 is 0 Å². The standard InChI is InChI=1S/C31H52F4N2O4/c1-37(12-6-4-3-5-7-27-29(36-38)40-27)30-28(41-30)19-8-10-20(11-9-19)31(39-2,21-13-23(32)17-24(33)14-21)22-15-25(34)18-26(35)16-22/h19-30,36,38H,3-18H2,1-2H3. The molecule has 0 aromatic rings. The van der Waals surface area contributed by atoms with Gasteiger partial charge in [-0.05, 0) is 94.9 Å². The van der Waals surface area contributed by atoms with E-state index in [2.05, 4.69) is 17.4 Å². The number of unbranched alkanes of at least 4 members (excludes halogenated alkanes) is 3. The lowest BCUT2D eigenvalue weighted by Crippen LogP contribution is -2.58. The van der Waals surface area contributed by atoms with Crippen LogP contribution in [0.3, 0.4) is 0 Å². The summed E-state index contributed by atoms with van der Waals surface area (Å²) in [6, 6.07) is 0. The van der Waals surface area contributed by atoms with Crippen LogP contribution in [-0.4, -0.2) is 85.8 Å².